The Balaban J connectivity index is 1.86. The average molecular weight is 349 g/mol. The molecule has 1 aliphatic carbocycles. The number of aryl methyl sites for hydroxylation is 1. The molecule has 0 radical (unpaired) electrons. The summed E-state index contributed by atoms with van der Waals surface area (Å²) in [6.07, 6.45) is 4.28. The molecule has 1 N–H and O–H groups in total. The number of benzene rings is 1. The fourth-order valence-corrected chi connectivity index (χ4v) is 3.51. The third kappa shape index (κ3) is 3.53. The SMILES string of the molecule is COc1cc(F)c(C(=O)Nc2ccsc2C)cc1OC1CCCC1. The summed E-state index contributed by atoms with van der Waals surface area (Å²) in [7, 11) is 1.46. The van der Waals surface area contributed by atoms with Gasteiger partial charge in [0.2, 0.25) is 0 Å². The minimum atomic E-state index is -0.629. The van der Waals surface area contributed by atoms with Crippen molar-refractivity contribution >= 4 is 22.9 Å². The Hall–Kier alpha value is -2.08. The van der Waals surface area contributed by atoms with Gasteiger partial charge in [-0.05, 0) is 50.1 Å². The number of hydrogen-bond donors (Lipinski definition) is 1. The number of ether oxygens (including phenoxy) is 2. The Morgan fingerprint density at radius 2 is 2.04 bits per heavy atom. The smallest absolute Gasteiger partial charge is 0.258 e. The molecule has 0 spiro atoms. The van der Waals surface area contributed by atoms with Crippen LogP contribution in [0.3, 0.4) is 0 Å². The first-order valence-electron chi connectivity index (χ1n) is 7.98. The molecule has 3 rings (SSSR count). The molecule has 0 saturated heterocycles. The Labute approximate surface area is 144 Å². The summed E-state index contributed by atoms with van der Waals surface area (Å²) in [6, 6.07) is 4.44. The number of nitrogens with one attached hydrogen (secondary N) is 1. The van der Waals surface area contributed by atoms with Gasteiger partial charge in [0, 0.05) is 10.9 Å². The van der Waals surface area contributed by atoms with E-state index in [9.17, 15) is 9.18 Å². The van der Waals surface area contributed by atoms with Gasteiger partial charge >= 0.3 is 0 Å². The Morgan fingerprint density at radius 3 is 2.67 bits per heavy atom. The van der Waals surface area contributed by atoms with Crippen molar-refractivity contribution in [3.8, 4) is 11.5 Å². The molecule has 2 aromatic rings. The number of halogens is 1. The number of methoxy groups -OCH3 is 1. The standard InChI is InChI=1S/C18H20FNO3S/c1-11-15(7-8-24-11)20-18(21)13-9-17(16(22-2)10-14(13)19)23-12-5-3-4-6-12/h7-10,12H,3-6H2,1-2H3,(H,20,21). The topological polar surface area (TPSA) is 47.6 Å². The summed E-state index contributed by atoms with van der Waals surface area (Å²) in [5.74, 6) is -0.399. The maximum absolute atomic E-state index is 14.3. The molecule has 1 aromatic heterocycles. The lowest BCUT2D eigenvalue weighted by atomic mass is 10.1. The Morgan fingerprint density at radius 1 is 1.29 bits per heavy atom. The molecule has 4 nitrogen and oxygen atoms in total. The highest BCUT2D eigenvalue weighted by atomic mass is 32.1. The van der Waals surface area contributed by atoms with Crippen molar-refractivity contribution in [3.05, 3.63) is 39.8 Å². The lowest BCUT2D eigenvalue weighted by molar-refractivity contribution is 0.102. The van der Waals surface area contributed by atoms with E-state index in [2.05, 4.69) is 5.32 Å². The lowest BCUT2D eigenvalue weighted by Crippen LogP contribution is -2.16. The molecule has 1 heterocycles. The van der Waals surface area contributed by atoms with Crippen LogP contribution < -0.4 is 14.8 Å². The molecule has 0 bridgehead atoms. The monoisotopic (exact) mass is 349 g/mol. The number of carbonyl (C=O) groups is 1. The van der Waals surface area contributed by atoms with Crippen molar-refractivity contribution in [2.24, 2.45) is 0 Å². The molecule has 1 amide bonds. The minimum Gasteiger partial charge on any atom is -0.493 e. The fraction of sp³-hybridized carbons (Fsp3) is 0.389. The molecule has 0 atom stereocenters. The van der Waals surface area contributed by atoms with Crippen molar-refractivity contribution in [1.82, 2.24) is 0 Å². The van der Waals surface area contributed by atoms with E-state index >= 15 is 0 Å². The van der Waals surface area contributed by atoms with E-state index in [0.717, 1.165) is 30.6 Å². The van der Waals surface area contributed by atoms with Gasteiger partial charge in [0.25, 0.3) is 5.91 Å². The van der Waals surface area contributed by atoms with Gasteiger partial charge in [-0.2, -0.15) is 0 Å². The van der Waals surface area contributed by atoms with Crippen LogP contribution in [0.5, 0.6) is 11.5 Å². The van der Waals surface area contributed by atoms with E-state index in [4.69, 9.17) is 9.47 Å². The van der Waals surface area contributed by atoms with Crippen LogP contribution in [0.25, 0.3) is 0 Å². The van der Waals surface area contributed by atoms with Crippen molar-refractivity contribution in [2.75, 3.05) is 12.4 Å². The minimum absolute atomic E-state index is 0.0469. The first-order chi connectivity index (χ1) is 11.6. The van der Waals surface area contributed by atoms with Crippen molar-refractivity contribution < 1.29 is 18.7 Å². The van der Waals surface area contributed by atoms with Crippen molar-refractivity contribution in [2.45, 2.75) is 38.7 Å². The van der Waals surface area contributed by atoms with Gasteiger partial charge in [-0.15, -0.1) is 11.3 Å². The summed E-state index contributed by atoms with van der Waals surface area (Å²) in [5.41, 5.74) is 0.646. The quantitative estimate of drug-likeness (QED) is 0.845. The Bertz CT molecular complexity index is 738. The maximum Gasteiger partial charge on any atom is 0.258 e. The van der Waals surface area contributed by atoms with E-state index in [1.807, 2.05) is 12.3 Å². The predicted molar refractivity (Wildman–Crippen MR) is 92.8 cm³/mol. The molecular formula is C18H20FNO3S. The molecule has 6 heteroatoms. The van der Waals surface area contributed by atoms with Crippen LogP contribution in [-0.4, -0.2) is 19.1 Å². The van der Waals surface area contributed by atoms with Gasteiger partial charge in [0.1, 0.15) is 5.82 Å². The van der Waals surface area contributed by atoms with E-state index in [0.29, 0.717) is 17.2 Å². The molecule has 1 aromatic carbocycles. The third-order valence-corrected chi connectivity index (χ3v) is 5.05. The largest absolute Gasteiger partial charge is 0.493 e. The maximum atomic E-state index is 14.3. The van der Waals surface area contributed by atoms with Gasteiger partial charge in [0.15, 0.2) is 11.5 Å². The van der Waals surface area contributed by atoms with Gasteiger partial charge < -0.3 is 14.8 Å². The van der Waals surface area contributed by atoms with Gasteiger partial charge in [0.05, 0.1) is 24.5 Å². The van der Waals surface area contributed by atoms with Crippen LogP contribution in [0.2, 0.25) is 0 Å². The highest BCUT2D eigenvalue weighted by Gasteiger charge is 2.22. The van der Waals surface area contributed by atoms with Crippen LogP contribution in [0.1, 0.15) is 40.9 Å². The number of rotatable bonds is 5. The van der Waals surface area contributed by atoms with Crippen LogP contribution >= 0.6 is 11.3 Å². The summed E-state index contributed by atoms with van der Waals surface area (Å²) in [5, 5.41) is 4.62. The molecular weight excluding hydrogens is 329 g/mol. The first-order valence-corrected chi connectivity index (χ1v) is 8.86. The summed E-state index contributed by atoms with van der Waals surface area (Å²) >= 11 is 1.52. The second kappa shape index (κ2) is 7.21. The van der Waals surface area contributed by atoms with Crippen molar-refractivity contribution in [3.63, 3.8) is 0 Å². The third-order valence-electron chi connectivity index (χ3n) is 4.20. The number of amides is 1. The van der Waals surface area contributed by atoms with Crippen LogP contribution in [0, 0.1) is 12.7 Å². The van der Waals surface area contributed by atoms with Crippen molar-refractivity contribution in [1.29, 1.82) is 0 Å². The molecule has 1 fully saturated rings. The van der Waals surface area contributed by atoms with Gasteiger partial charge in [-0.25, -0.2) is 4.39 Å². The average Bonchev–Trinajstić information content (AvgIpc) is 3.21. The summed E-state index contributed by atoms with van der Waals surface area (Å²) < 4.78 is 25.5. The predicted octanol–water partition coefficient (Wildman–Crippen LogP) is 4.78. The second-order valence-electron chi connectivity index (χ2n) is 5.85. The highest BCUT2D eigenvalue weighted by molar-refractivity contribution is 7.10. The normalized spacial score (nSPS) is 14.6. The number of carbonyl (C=O) groups excluding carboxylic acids is 1. The van der Waals surface area contributed by atoms with Crippen LogP contribution in [0.15, 0.2) is 23.6 Å². The zero-order valence-electron chi connectivity index (χ0n) is 13.7. The highest BCUT2D eigenvalue weighted by Crippen LogP contribution is 2.34. The zero-order chi connectivity index (χ0) is 17.1. The van der Waals surface area contributed by atoms with Crippen LogP contribution in [-0.2, 0) is 0 Å². The number of hydrogen-bond acceptors (Lipinski definition) is 4. The summed E-state index contributed by atoms with van der Waals surface area (Å²) in [4.78, 5) is 13.4. The van der Waals surface area contributed by atoms with E-state index < -0.39 is 11.7 Å². The molecule has 0 unspecified atom stereocenters. The first kappa shape index (κ1) is 16.8. The lowest BCUT2D eigenvalue weighted by Gasteiger charge is -2.17. The van der Waals surface area contributed by atoms with Gasteiger partial charge in [-0.1, -0.05) is 0 Å². The summed E-state index contributed by atoms with van der Waals surface area (Å²) in [6.45, 7) is 1.90. The second-order valence-corrected chi connectivity index (χ2v) is 6.97. The van der Waals surface area contributed by atoms with Crippen LogP contribution in [0.4, 0.5) is 10.1 Å². The van der Waals surface area contributed by atoms with Gasteiger partial charge in [-0.3, -0.25) is 4.79 Å². The van der Waals surface area contributed by atoms with E-state index in [1.165, 1.54) is 30.6 Å². The number of thiophene rings is 1. The molecule has 0 aliphatic heterocycles. The zero-order valence-corrected chi connectivity index (χ0v) is 14.5. The molecule has 24 heavy (non-hydrogen) atoms. The molecule has 1 saturated carbocycles. The van der Waals surface area contributed by atoms with E-state index in [1.54, 1.807) is 6.07 Å². The Kier molecular flexibility index (Phi) is 5.04. The fourth-order valence-electron chi connectivity index (χ4n) is 2.85. The molecule has 128 valence electrons. The molecule has 1 aliphatic rings. The number of anilines is 1. The van der Waals surface area contributed by atoms with E-state index in [-0.39, 0.29) is 11.7 Å².